The van der Waals surface area contributed by atoms with Gasteiger partial charge in [0.25, 0.3) is 5.91 Å². The smallest absolute Gasteiger partial charge is 0.275 e. The summed E-state index contributed by atoms with van der Waals surface area (Å²) in [6, 6.07) is 0.337. The Bertz CT molecular complexity index is 388. The third-order valence-corrected chi connectivity index (χ3v) is 3.14. The number of carbonyl (C=O) groups is 1. The number of amides is 1. The van der Waals surface area contributed by atoms with E-state index in [0.29, 0.717) is 29.7 Å². The van der Waals surface area contributed by atoms with Crippen LogP contribution in [0.2, 0.25) is 0 Å². The van der Waals surface area contributed by atoms with Crippen LogP contribution in [0.4, 0.5) is 0 Å². The first-order chi connectivity index (χ1) is 7.68. The van der Waals surface area contributed by atoms with Crippen molar-refractivity contribution in [3.05, 3.63) is 11.1 Å². The van der Waals surface area contributed by atoms with Crippen LogP contribution in [0.5, 0.6) is 0 Å². The van der Waals surface area contributed by atoms with E-state index < -0.39 is 0 Å². The lowest BCUT2D eigenvalue weighted by Gasteiger charge is -2.20. The number of aromatic nitrogens is 2. The molecule has 5 nitrogen and oxygen atoms in total. The molecule has 2 N–H and O–H groups in total. The molecule has 1 aliphatic carbocycles. The van der Waals surface area contributed by atoms with Crippen molar-refractivity contribution in [1.82, 2.24) is 14.5 Å². The highest BCUT2D eigenvalue weighted by molar-refractivity contribution is 7.80. The SMILES string of the molecule is NC(=S)CCN(C(=O)c1csnn1)C1CC1. The fourth-order valence-corrected chi connectivity index (χ4v) is 1.99. The summed E-state index contributed by atoms with van der Waals surface area (Å²) < 4.78 is 3.69. The van der Waals surface area contributed by atoms with Crippen molar-refractivity contribution >= 4 is 34.6 Å². The molecule has 0 aliphatic heterocycles. The molecule has 0 atom stereocenters. The number of nitrogens with zero attached hydrogens (tertiary/aromatic N) is 3. The zero-order valence-corrected chi connectivity index (χ0v) is 10.3. The Labute approximate surface area is 103 Å². The molecule has 86 valence electrons. The molecule has 0 radical (unpaired) electrons. The highest BCUT2D eigenvalue weighted by Crippen LogP contribution is 2.28. The Morgan fingerprint density at radius 2 is 2.44 bits per heavy atom. The summed E-state index contributed by atoms with van der Waals surface area (Å²) in [7, 11) is 0. The molecule has 1 amide bonds. The van der Waals surface area contributed by atoms with Gasteiger partial charge >= 0.3 is 0 Å². The van der Waals surface area contributed by atoms with E-state index in [-0.39, 0.29) is 5.91 Å². The van der Waals surface area contributed by atoms with E-state index >= 15 is 0 Å². The largest absolute Gasteiger partial charge is 0.393 e. The predicted molar refractivity (Wildman–Crippen MR) is 65.4 cm³/mol. The van der Waals surface area contributed by atoms with E-state index in [0.717, 1.165) is 12.8 Å². The molecule has 0 aromatic carbocycles. The number of thiocarbonyl (C=S) groups is 1. The van der Waals surface area contributed by atoms with Crippen molar-refractivity contribution in [2.45, 2.75) is 25.3 Å². The van der Waals surface area contributed by atoms with Gasteiger partial charge in [0.15, 0.2) is 5.69 Å². The van der Waals surface area contributed by atoms with E-state index in [1.54, 1.807) is 10.3 Å². The average molecular weight is 256 g/mol. The summed E-state index contributed by atoms with van der Waals surface area (Å²) in [6.45, 7) is 0.580. The van der Waals surface area contributed by atoms with E-state index in [1.807, 2.05) is 0 Å². The quantitative estimate of drug-likeness (QED) is 0.790. The molecule has 1 heterocycles. The molecular weight excluding hydrogens is 244 g/mol. The van der Waals surface area contributed by atoms with E-state index in [1.165, 1.54) is 11.5 Å². The molecule has 0 spiro atoms. The fraction of sp³-hybridized carbons (Fsp3) is 0.556. The Balaban J connectivity index is 2.01. The average Bonchev–Trinajstić information content (AvgIpc) is 2.93. The summed E-state index contributed by atoms with van der Waals surface area (Å²) >= 11 is 6.00. The first-order valence-corrected chi connectivity index (χ1v) is 6.29. The molecule has 1 aliphatic rings. The molecule has 1 aromatic rings. The lowest BCUT2D eigenvalue weighted by Crippen LogP contribution is -2.35. The minimum absolute atomic E-state index is 0.0625. The molecule has 0 unspecified atom stereocenters. The van der Waals surface area contributed by atoms with Gasteiger partial charge in [0.05, 0.1) is 4.99 Å². The summed E-state index contributed by atoms with van der Waals surface area (Å²) in [5, 5.41) is 5.45. The molecule has 0 bridgehead atoms. The van der Waals surface area contributed by atoms with Crippen LogP contribution in [0.25, 0.3) is 0 Å². The Morgan fingerprint density at radius 3 is 2.94 bits per heavy atom. The summed E-state index contributed by atoms with van der Waals surface area (Å²) in [5.41, 5.74) is 5.86. The molecule has 16 heavy (non-hydrogen) atoms. The number of hydrogen-bond donors (Lipinski definition) is 1. The van der Waals surface area contributed by atoms with Crippen molar-refractivity contribution in [3.8, 4) is 0 Å². The highest BCUT2D eigenvalue weighted by atomic mass is 32.1. The monoisotopic (exact) mass is 256 g/mol. The maximum absolute atomic E-state index is 12.0. The maximum atomic E-state index is 12.0. The van der Waals surface area contributed by atoms with Crippen molar-refractivity contribution in [1.29, 1.82) is 0 Å². The minimum atomic E-state index is -0.0625. The summed E-state index contributed by atoms with van der Waals surface area (Å²) in [5.74, 6) is -0.0625. The second kappa shape index (κ2) is 4.84. The van der Waals surface area contributed by atoms with Gasteiger partial charge in [-0.1, -0.05) is 16.7 Å². The summed E-state index contributed by atoms with van der Waals surface area (Å²) in [6.07, 6.45) is 2.68. The number of rotatable bonds is 5. The van der Waals surface area contributed by atoms with E-state index in [2.05, 4.69) is 9.59 Å². The van der Waals surface area contributed by atoms with Crippen molar-refractivity contribution < 1.29 is 4.79 Å². The molecular formula is C9H12N4OS2. The highest BCUT2D eigenvalue weighted by Gasteiger charge is 2.33. The molecule has 2 rings (SSSR count). The predicted octanol–water partition coefficient (Wildman–Crippen LogP) is 0.819. The van der Waals surface area contributed by atoms with Gasteiger partial charge in [0, 0.05) is 24.4 Å². The van der Waals surface area contributed by atoms with Crippen molar-refractivity contribution in [2.24, 2.45) is 5.73 Å². The van der Waals surface area contributed by atoms with Crippen LogP contribution < -0.4 is 5.73 Å². The molecule has 0 saturated heterocycles. The van der Waals surface area contributed by atoms with Crippen LogP contribution in [0.3, 0.4) is 0 Å². The lowest BCUT2D eigenvalue weighted by atomic mass is 10.3. The topological polar surface area (TPSA) is 72.1 Å². The van der Waals surface area contributed by atoms with Gasteiger partial charge in [0.2, 0.25) is 0 Å². The van der Waals surface area contributed by atoms with Gasteiger partial charge in [0.1, 0.15) is 0 Å². The molecule has 1 fully saturated rings. The first-order valence-electron chi connectivity index (χ1n) is 5.05. The molecule has 1 saturated carbocycles. The van der Waals surface area contributed by atoms with E-state index in [9.17, 15) is 4.79 Å². The van der Waals surface area contributed by atoms with Crippen molar-refractivity contribution in [2.75, 3.05) is 6.54 Å². The van der Waals surface area contributed by atoms with Crippen LogP contribution in [0, 0.1) is 0 Å². The van der Waals surface area contributed by atoms with Crippen molar-refractivity contribution in [3.63, 3.8) is 0 Å². The second-order valence-corrected chi connectivity index (χ2v) is 4.87. The zero-order chi connectivity index (χ0) is 11.5. The number of nitrogens with two attached hydrogens (primary N) is 1. The van der Waals surface area contributed by atoms with E-state index in [4.69, 9.17) is 18.0 Å². The van der Waals surface area contributed by atoms with Crippen LogP contribution in [-0.4, -0.2) is 38.0 Å². The fourth-order valence-electron chi connectivity index (χ4n) is 1.47. The molecule has 1 aromatic heterocycles. The van der Waals surface area contributed by atoms with Gasteiger partial charge < -0.3 is 10.6 Å². The van der Waals surface area contributed by atoms with Gasteiger partial charge in [-0.15, -0.1) is 5.10 Å². The van der Waals surface area contributed by atoms with Gasteiger partial charge in [-0.25, -0.2) is 0 Å². The standard InChI is InChI=1S/C9H12N4OS2/c10-8(15)3-4-13(6-1-2-6)9(14)7-5-16-12-11-7/h5-6H,1-4H2,(H2,10,15). The van der Waals surface area contributed by atoms with Crippen LogP contribution in [0.15, 0.2) is 5.38 Å². The lowest BCUT2D eigenvalue weighted by molar-refractivity contribution is 0.0742. The first kappa shape index (κ1) is 11.4. The molecule has 7 heteroatoms. The van der Waals surface area contributed by atoms with Gasteiger partial charge in [-0.3, -0.25) is 4.79 Å². The van der Waals surface area contributed by atoms with Crippen LogP contribution in [-0.2, 0) is 0 Å². The zero-order valence-electron chi connectivity index (χ0n) is 8.63. The van der Waals surface area contributed by atoms with Gasteiger partial charge in [-0.2, -0.15) is 0 Å². The Kier molecular flexibility index (Phi) is 3.45. The van der Waals surface area contributed by atoms with Crippen LogP contribution >= 0.6 is 23.8 Å². The minimum Gasteiger partial charge on any atom is -0.393 e. The Hall–Kier alpha value is -1.08. The number of carbonyl (C=O) groups excluding carboxylic acids is 1. The third-order valence-electron chi connectivity index (χ3n) is 2.43. The summed E-state index contributed by atoms with van der Waals surface area (Å²) in [4.78, 5) is 14.3. The second-order valence-electron chi connectivity index (χ2n) is 3.74. The maximum Gasteiger partial charge on any atom is 0.275 e. The third kappa shape index (κ3) is 2.73. The normalized spacial score (nSPS) is 14.8. The van der Waals surface area contributed by atoms with Gasteiger partial charge in [-0.05, 0) is 24.4 Å². The Morgan fingerprint density at radius 1 is 1.69 bits per heavy atom. The number of hydrogen-bond acceptors (Lipinski definition) is 5. The van der Waals surface area contributed by atoms with Crippen LogP contribution in [0.1, 0.15) is 29.8 Å².